The maximum Gasteiger partial charge on any atom is 0.100 e. The summed E-state index contributed by atoms with van der Waals surface area (Å²) in [5.41, 5.74) is 5.79. The molecule has 1 aliphatic rings. The van der Waals surface area contributed by atoms with Crippen LogP contribution in [0.2, 0.25) is 0 Å². The van der Waals surface area contributed by atoms with E-state index in [1.807, 2.05) is 7.05 Å². The quantitative estimate of drug-likeness (QED) is 0.631. The van der Waals surface area contributed by atoms with Gasteiger partial charge in [0.25, 0.3) is 0 Å². The molecule has 1 atom stereocenters. The molecule has 1 unspecified atom stereocenters. The zero-order valence-corrected chi connectivity index (χ0v) is 7.79. The van der Waals surface area contributed by atoms with Crippen LogP contribution in [0.1, 0.15) is 6.42 Å². The molecule has 0 aromatic carbocycles. The van der Waals surface area contributed by atoms with Crippen LogP contribution >= 0.6 is 0 Å². The van der Waals surface area contributed by atoms with E-state index in [1.165, 1.54) is 0 Å². The van der Waals surface area contributed by atoms with Gasteiger partial charge in [-0.15, -0.1) is 0 Å². The van der Waals surface area contributed by atoms with Crippen LogP contribution in [0.3, 0.4) is 0 Å². The third kappa shape index (κ3) is 2.46. The van der Waals surface area contributed by atoms with Crippen molar-refractivity contribution in [1.29, 1.82) is 0 Å². The summed E-state index contributed by atoms with van der Waals surface area (Å²) in [6, 6.07) is 0.0781. The zero-order valence-electron chi connectivity index (χ0n) is 7.79. The first-order chi connectivity index (χ1) is 5.74. The van der Waals surface area contributed by atoms with Crippen molar-refractivity contribution in [3.63, 3.8) is 0 Å². The van der Waals surface area contributed by atoms with Crippen LogP contribution in [0.4, 0.5) is 0 Å². The summed E-state index contributed by atoms with van der Waals surface area (Å²) in [4.78, 5) is 6.49. The van der Waals surface area contributed by atoms with Gasteiger partial charge in [0.05, 0.1) is 13.2 Å². The Labute approximate surface area is 73.4 Å². The highest BCUT2D eigenvalue weighted by Gasteiger charge is 2.15. The van der Waals surface area contributed by atoms with Gasteiger partial charge in [-0.3, -0.25) is 4.99 Å². The van der Waals surface area contributed by atoms with Gasteiger partial charge in [-0.2, -0.15) is 0 Å². The number of amidine groups is 1. The highest BCUT2D eigenvalue weighted by molar-refractivity contribution is 5.83. The largest absolute Gasteiger partial charge is 0.383 e. The molecule has 1 aliphatic heterocycles. The van der Waals surface area contributed by atoms with Gasteiger partial charge < -0.3 is 15.4 Å². The van der Waals surface area contributed by atoms with E-state index >= 15 is 0 Å². The predicted molar refractivity (Wildman–Crippen MR) is 49.4 cm³/mol. The molecule has 12 heavy (non-hydrogen) atoms. The average Bonchev–Trinajstić information content (AvgIpc) is 2.37. The molecule has 0 fully saturated rings. The minimum absolute atomic E-state index is 0.0781. The zero-order chi connectivity index (χ0) is 8.97. The van der Waals surface area contributed by atoms with E-state index in [0.29, 0.717) is 6.61 Å². The summed E-state index contributed by atoms with van der Waals surface area (Å²) in [5, 5.41) is 0. The van der Waals surface area contributed by atoms with E-state index in [-0.39, 0.29) is 6.04 Å². The van der Waals surface area contributed by atoms with E-state index in [4.69, 9.17) is 10.5 Å². The maximum absolute atomic E-state index is 5.79. The van der Waals surface area contributed by atoms with E-state index < -0.39 is 0 Å². The molecule has 0 aromatic rings. The number of hydrogen-bond acceptors (Lipinski definition) is 4. The summed E-state index contributed by atoms with van der Waals surface area (Å²) >= 11 is 0. The fourth-order valence-electron chi connectivity index (χ4n) is 1.31. The van der Waals surface area contributed by atoms with Crippen LogP contribution in [-0.4, -0.2) is 50.6 Å². The first-order valence-corrected chi connectivity index (χ1v) is 4.23. The molecule has 0 saturated heterocycles. The number of nitrogens with zero attached hydrogens (tertiary/aromatic N) is 2. The molecule has 2 N–H and O–H groups in total. The highest BCUT2D eigenvalue weighted by Crippen LogP contribution is 2.03. The minimum Gasteiger partial charge on any atom is -0.383 e. The van der Waals surface area contributed by atoms with E-state index in [9.17, 15) is 0 Å². The fourth-order valence-corrected chi connectivity index (χ4v) is 1.31. The third-order valence-electron chi connectivity index (χ3n) is 2.00. The Morgan fingerprint density at radius 3 is 3.00 bits per heavy atom. The van der Waals surface area contributed by atoms with Gasteiger partial charge >= 0.3 is 0 Å². The molecule has 70 valence electrons. The number of methoxy groups -OCH3 is 1. The SMILES string of the molecule is COCC(N)CC1=NCCN1C. The van der Waals surface area contributed by atoms with E-state index in [1.54, 1.807) is 7.11 Å². The predicted octanol–water partition coefficient (Wildman–Crippen LogP) is -0.306. The van der Waals surface area contributed by atoms with Crippen molar-refractivity contribution in [2.24, 2.45) is 10.7 Å². The van der Waals surface area contributed by atoms with Crippen LogP contribution in [0.5, 0.6) is 0 Å². The lowest BCUT2D eigenvalue weighted by molar-refractivity contribution is 0.181. The van der Waals surface area contributed by atoms with Crippen molar-refractivity contribution in [3.05, 3.63) is 0 Å². The molecule has 0 aliphatic carbocycles. The second-order valence-electron chi connectivity index (χ2n) is 3.14. The van der Waals surface area contributed by atoms with Crippen molar-refractivity contribution in [1.82, 2.24) is 4.90 Å². The topological polar surface area (TPSA) is 50.9 Å². The molecule has 4 heteroatoms. The van der Waals surface area contributed by atoms with Crippen LogP contribution in [-0.2, 0) is 4.74 Å². The van der Waals surface area contributed by atoms with Gasteiger partial charge in [0, 0.05) is 33.2 Å². The van der Waals surface area contributed by atoms with Gasteiger partial charge in [0.15, 0.2) is 0 Å². The second-order valence-corrected chi connectivity index (χ2v) is 3.14. The summed E-state index contributed by atoms with van der Waals surface area (Å²) in [6.07, 6.45) is 0.824. The molecule has 0 radical (unpaired) electrons. The highest BCUT2D eigenvalue weighted by atomic mass is 16.5. The number of rotatable bonds is 4. The first-order valence-electron chi connectivity index (χ1n) is 4.23. The summed E-state index contributed by atoms with van der Waals surface area (Å²) < 4.78 is 4.95. The minimum atomic E-state index is 0.0781. The number of hydrogen-bond donors (Lipinski definition) is 1. The number of ether oxygens (including phenoxy) is 1. The lowest BCUT2D eigenvalue weighted by atomic mass is 10.2. The molecule has 1 rings (SSSR count). The summed E-state index contributed by atoms with van der Waals surface area (Å²) in [7, 11) is 3.71. The van der Waals surface area contributed by atoms with E-state index in [0.717, 1.165) is 25.3 Å². The third-order valence-corrected chi connectivity index (χ3v) is 2.00. The van der Waals surface area contributed by atoms with Gasteiger partial charge in [-0.25, -0.2) is 0 Å². The molecular formula is C8H17N3O. The fraction of sp³-hybridized carbons (Fsp3) is 0.875. The maximum atomic E-state index is 5.79. The van der Waals surface area contributed by atoms with Crippen LogP contribution in [0.15, 0.2) is 4.99 Å². The number of aliphatic imine (C=N–C) groups is 1. The Balaban J connectivity index is 2.30. The van der Waals surface area contributed by atoms with Crippen molar-refractivity contribution in [2.75, 3.05) is 33.9 Å². The standard InChI is InChI=1S/C8H17N3O/c1-11-4-3-10-8(11)5-7(9)6-12-2/h7H,3-6,9H2,1-2H3. The van der Waals surface area contributed by atoms with Crippen LogP contribution in [0.25, 0.3) is 0 Å². The molecule has 0 spiro atoms. The normalized spacial score (nSPS) is 19.6. The van der Waals surface area contributed by atoms with Crippen molar-refractivity contribution in [2.45, 2.75) is 12.5 Å². The van der Waals surface area contributed by atoms with Gasteiger partial charge in [-0.1, -0.05) is 0 Å². The van der Waals surface area contributed by atoms with E-state index in [2.05, 4.69) is 9.89 Å². The lowest BCUT2D eigenvalue weighted by Gasteiger charge is -2.16. The molecule has 0 aromatic heterocycles. The Morgan fingerprint density at radius 2 is 2.50 bits per heavy atom. The number of likely N-dealkylation sites (N-methyl/N-ethyl adjacent to an activating group) is 1. The van der Waals surface area contributed by atoms with Crippen LogP contribution in [0, 0.1) is 0 Å². The Bertz CT molecular complexity index is 170. The molecule has 1 heterocycles. The Hall–Kier alpha value is -0.610. The van der Waals surface area contributed by atoms with Crippen molar-refractivity contribution < 1.29 is 4.74 Å². The smallest absolute Gasteiger partial charge is 0.100 e. The Kier molecular flexibility index (Phi) is 3.49. The molecule has 0 amide bonds. The lowest BCUT2D eigenvalue weighted by Crippen LogP contribution is -2.33. The number of nitrogens with two attached hydrogens (primary N) is 1. The Morgan fingerprint density at radius 1 is 1.75 bits per heavy atom. The summed E-state index contributed by atoms with van der Waals surface area (Å²) in [6.45, 7) is 2.54. The summed E-state index contributed by atoms with van der Waals surface area (Å²) in [5.74, 6) is 1.11. The molecular weight excluding hydrogens is 154 g/mol. The average molecular weight is 171 g/mol. The van der Waals surface area contributed by atoms with Gasteiger partial charge in [0.1, 0.15) is 5.84 Å². The van der Waals surface area contributed by atoms with Crippen molar-refractivity contribution >= 4 is 5.84 Å². The van der Waals surface area contributed by atoms with Crippen LogP contribution < -0.4 is 5.73 Å². The monoisotopic (exact) mass is 171 g/mol. The van der Waals surface area contributed by atoms with Gasteiger partial charge in [0.2, 0.25) is 0 Å². The van der Waals surface area contributed by atoms with Crippen molar-refractivity contribution in [3.8, 4) is 0 Å². The first kappa shape index (κ1) is 9.48. The molecule has 0 bridgehead atoms. The van der Waals surface area contributed by atoms with Gasteiger partial charge in [-0.05, 0) is 0 Å². The molecule has 0 saturated carbocycles. The molecule has 4 nitrogen and oxygen atoms in total. The second kappa shape index (κ2) is 4.42.